The van der Waals surface area contributed by atoms with Crippen molar-refractivity contribution in [2.75, 3.05) is 5.32 Å². The largest absolute Gasteiger partial charge is 0.452 e. The summed E-state index contributed by atoms with van der Waals surface area (Å²) >= 11 is 12.1. The molecule has 0 saturated carbocycles. The predicted octanol–water partition coefficient (Wildman–Crippen LogP) is 7.07. The second-order valence-electron chi connectivity index (χ2n) is 6.99. The zero-order valence-corrected chi connectivity index (χ0v) is 18.1. The van der Waals surface area contributed by atoms with E-state index in [2.05, 4.69) is 11.9 Å². The first kappa shape index (κ1) is 20.9. The highest BCUT2D eigenvalue weighted by Crippen LogP contribution is 2.33. The maximum atomic E-state index is 13.0. The highest BCUT2D eigenvalue weighted by molar-refractivity contribution is 6.37. The van der Waals surface area contributed by atoms with E-state index in [1.807, 2.05) is 43.3 Å². The molecule has 0 unspecified atom stereocenters. The van der Waals surface area contributed by atoms with E-state index in [1.54, 1.807) is 18.2 Å². The standard InChI is InChI=1S/C25H17Cl2NO3/c1-3-23(29)28-18-6-4-5-15(11-18)16-7-9-19-14(2)25(31-22(19)12-16)24(30)20-10-8-17(26)13-21(20)27/h3-13H,1H2,2H3,(H,28,29). The van der Waals surface area contributed by atoms with Gasteiger partial charge in [0.15, 0.2) is 5.76 Å². The van der Waals surface area contributed by atoms with E-state index >= 15 is 0 Å². The van der Waals surface area contributed by atoms with Gasteiger partial charge in [-0.25, -0.2) is 0 Å². The number of benzene rings is 3. The van der Waals surface area contributed by atoms with Crippen molar-refractivity contribution in [1.82, 2.24) is 0 Å². The molecule has 0 aliphatic rings. The lowest BCUT2D eigenvalue weighted by Gasteiger charge is -2.06. The van der Waals surface area contributed by atoms with Crippen LogP contribution in [0.4, 0.5) is 5.69 Å². The Morgan fingerprint density at radius 3 is 2.52 bits per heavy atom. The number of furan rings is 1. The van der Waals surface area contributed by atoms with Crippen LogP contribution in [0.25, 0.3) is 22.1 Å². The Morgan fingerprint density at radius 1 is 1.00 bits per heavy atom. The minimum Gasteiger partial charge on any atom is -0.452 e. The maximum absolute atomic E-state index is 13.0. The molecular formula is C25H17Cl2NO3. The van der Waals surface area contributed by atoms with Crippen LogP contribution in [0.1, 0.15) is 21.7 Å². The normalized spacial score (nSPS) is 10.8. The van der Waals surface area contributed by atoms with Crippen molar-refractivity contribution in [3.8, 4) is 11.1 Å². The topological polar surface area (TPSA) is 59.3 Å². The van der Waals surface area contributed by atoms with Crippen molar-refractivity contribution >= 4 is 51.5 Å². The number of anilines is 1. The molecule has 154 valence electrons. The quantitative estimate of drug-likeness (QED) is 0.261. The minimum atomic E-state index is -0.300. The van der Waals surface area contributed by atoms with Gasteiger partial charge in [0, 0.05) is 27.2 Å². The van der Waals surface area contributed by atoms with Crippen molar-refractivity contribution in [3.05, 3.63) is 100 Å². The van der Waals surface area contributed by atoms with Gasteiger partial charge >= 0.3 is 0 Å². The van der Waals surface area contributed by atoms with E-state index in [9.17, 15) is 9.59 Å². The monoisotopic (exact) mass is 449 g/mol. The fraction of sp³-hybridized carbons (Fsp3) is 0.0400. The van der Waals surface area contributed by atoms with E-state index in [4.69, 9.17) is 27.6 Å². The molecule has 0 fully saturated rings. The van der Waals surface area contributed by atoms with Crippen LogP contribution in [-0.2, 0) is 4.79 Å². The fourth-order valence-electron chi connectivity index (χ4n) is 3.39. The van der Waals surface area contributed by atoms with Crippen LogP contribution in [0.3, 0.4) is 0 Å². The number of hydrogen-bond acceptors (Lipinski definition) is 3. The summed E-state index contributed by atoms with van der Waals surface area (Å²) in [4.78, 5) is 24.6. The van der Waals surface area contributed by atoms with Crippen LogP contribution in [0.2, 0.25) is 10.0 Å². The number of aryl methyl sites for hydroxylation is 1. The lowest BCUT2D eigenvalue weighted by atomic mass is 10.0. The van der Waals surface area contributed by atoms with Gasteiger partial charge in [-0.15, -0.1) is 0 Å². The summed E-state index contributed by atoms with van der Waals surface area (Å²) in [6.07, 6.45) is 1.22. The zero-order valence-electron chi connectivity index (χ0n) is 16.5. The number of carbonyl (C=O) groups is 2. The third-order valence-electron chi connectivity index (χ3n) is 4.97. The van der Waals surface area contributed by atoms with Gasteiger partial charge in [0.25, 0.3) is 0 Å². The van der Waals surface area contributed by atoms with Crippen molar-refractivity contribution in [2.24, 2.45) is 0 Å². The van der Waals surface area contributed by atoms with Crippen LogP contribution in [0.5, 0.6) is 0 Å². The average Bonchev–Trinajstić information content (AvgIpc) is 3.09. The van der Waals surface area contributed by atoms with Gasteiger partial charge in [0.2, 0.25) is 11.7 Å². The van der Waals surface area contributed by atoms with Crippen LogP contribution in [-0.4, -0.2) is 11.7 Å². The number of halogens is 2. The smallest absolute Gasteiger partial charge is 0.247 e. The molecule has 1 N–H and O–H groups in total. The molecule has 0 aliphatic heterocycles. The summed E-state index contributed by atoms with van der Waals surface area (Å²) < 4.78 is 5.95. The first-order valence-corrected chi connectivity index (χ1v) is 10.2. The average molecular weight is 450 g/mol. The lowest BCUT2D eigenvalue weighted by Crippen LogP contribution is -2.06. The van der Waals surface area contributed by atoms with Crippen molar-refractivity contribution in [3.63, 3.8) is 0 Å². The molecule has 0 saturated heterocycles. The van der Waals surface area contributed by atoms with Crippen LogP contribution >= 0.6 is 23.2 Å². The number of ketones is 1. The molecule has 0 radical (unpaired) electrons. The maximum Gasteiger partial charge on any atom is 0.247 e. The number of carbonyl (C=O) groups excluding carboxylic acids is 2. The van der Waals surface area contributed by atoms with Gasteiger partial charge in [0.1, 0.15) is 5.58 Å². The Morgan fingerprint density at radius 2 is 1.77 bits per heavy atom. The van der Waals surface area contributed by atoms with Gasteiger partial charge in [-0.1, -0.05) is 54.0 Å². The summed E-state index contributed by atoms with van der Waals surface area (Å²) in [5, 5.41) is 4.32. The predicted molar refractivity (Wildman–Crippen MR) is 125 cm³/mol. The molecule has 1 heterocycles. The Hall–Kier alpha value is -3.34. The summed E-state index contributed by atoms with van der Waals surface area (Å²) in [6, 6.07) is 17.9. The molecule has 4 nitrogen and oxygen atoms in total. The SMILES string of the molecule is C=CC(=O)Nc1cccc(-c2ccc3c(C)c(C(=O)c4ccc(Cl)cc4Cl)oc3c2)c1. The van der Waals surface area contributed by atoms with E-state index in [0.717, 1.165) is 22.1 Å². The molecular weight excluding hydrogens is 433 g/mol. The van der Waals surface area contributed by atoms with Gasteiger partial charge in [-0.2, -0.15) is 0 Å². The van der Waals surface area contributed by atoms with Gasteiger partial charge in [-0.05, 0) is 60.5 Å². The van der Waals surface area contributed by atoms with Gasteiger partial charge in [0.05, 0.1) is 5.02 Å². The number of fused-ring (bicyclic) bond motifs is 1. The minimum absolute atomic E-state index is 0.239. The van der Waals surface area contributed by atoms with E-state index in [1.165, 1.54) is 12.1 Å². The molecule has 3 aromatic carbocycles. The Labute approximate surface area is 189 Å². The number of rotatable bonds is 5. The van der Waals surface area contributed by atoms with E-state index in [-0.39, 0.29) is 22.5 Å². The third kappa shape index (κ3) is 4.13. The number of hydrogen-bond donors (Lipinski definition) is 1. The fourth-order valence-corrected chi connectivity index (χ4v) is 3.88. The summed E-state index contributed by atoms with van der Waals surface area (Å²) in [7, 11) is 0. The number of nitrogens with one attached hydrogen (secondary N) is 1. The highest BCUT2D eigenvalue weighted by Gasteiger charge is 2.21. The Balaban J connectivity index is 1.73. The van der Waals surface area contributed by atoms with Crippen LogP contribution in [0, 0.1) is 6.92 Å². The first-order chi connectivity index (χ1) is 14.9. The highest BCUT2D eigenvalue weighted by atomic mass is 35.5. The molecule has 4 aromatic rings. The molecule has 31 heavy (non-hydrogen) atoms. The molecule has 4 rings (SSSR count). The van der Waals surface area contributed by atoms with Crippen molar-refractivity contribution < 1.29 is 14.0 Å². The van der Waals surface area contributed by atoms with E-state index in [0.29, 0.717) is 21.9 Å². The van der Waals surface area contributed by atoms with Gasteiger partial charge < -0.3 is 9.73 Å². The third-order valence-corrected chi connectivity index (χ3v) is 5.52. The Bertz CT molecular complexity index is 1350. The number of amides is 1. The van der Waals surface area contributed by atoms with Crippen molar-refractivity contribution in [2.45, 2.75) is 6.92 Å². The molecule has 1 aromatic heterocycles. The second kappa shape index (κ2) is 8.42. The second-order valence-corrected chi connectivity index (χ2v) is 7.84. The molecule has 0 bridgehead atoms. The Kier molecular flexibility index (Phi) is 5.68. The zero-order chi connectivity index (χ0) is 22.1. The van der Waals surface area contributed by atoms with Gasteiger partial charge in [-0.3, -0.25) is 9.59 Å². The summed E-state index contributed by atoms with van der Waals surface area (Å²) in [5.74, 6) is -0.340. The first-order valence-electron chi connectivity index (χ1n) is 9.44. The molecule has 6 heteroatoms. The summed E-state index contributed by atoms with van der Waals surface area (Å²) in [5.41, 5.74) is 4.10. The van der Waals surface area contributed by atoms with Crippen molar-refractivity contribution in [1.29, 1.82) is 0 Å². The molecule has 0 spiro atoms. The van der Waals surface area contributed by atoms with Crippen LogP contribution in [0.15, 0.2) is 77.7 Å². The molecule has 0 aliphatic carbocycles. The van der Waals surface area contributed by atoms with E-state index < -0.39 is 0 Å². The molecule has 0 atom stereocenters. The molecule has 1 amide bonds. The summed E-state index contributed by atoms with van der Waals surface area (Å²) in [6.45, 7) is 5.30. The van der Waals surface area contributed by atoms with Crippen LogP contribution < -0.4 is 5.32 Å². The lowest BCUT2D eigenvalue weighted by molar-refractivity contribution is -0.111.